The van der Waals surface area contributed by atoms with Crippen LogP contribution >= 0.6 is 0 Å². The van der Waals surface area contributed by atoms with E-state index in [4.69, 9.17) is 10.7 Å². The molecule has 0 bridgehead atoms. The van der Waals surface area contributed by atoms with Gasteiger partial charge in [0.05, 0.1) is 5.69 Å². The Morgan fingerprint density at radius 1 is 1.00 bits per heavy atom. The van der Waals surface area contributed by atoms with Gasteiger partial charge in [0.2, 0.25) is 0 Å². The van der Waals surface area contributed by atoms with Crippen LogP contribution in [0.3, 0.4) is 0 Å². The Balaban J connectivity index is 2.06. The highest BCUT2D eigenvalue weighted by Crippen LogP contribution is 2.27. The summed E-state index contributed by atoms with van der Waals surface area (Å²) < 4.78 is 2.04. The molecule has 4 rings (SSSR count). The summed E-state index contributed by atoms with van der Waals surface area (Å²) >= 11 is 0. The van der Waals surface area contributed by atoms with E-state index in [1.807, 2.05) is 47.9 Å². The van der Waals surface area contributed by atoms with E-state index in [0.717, 1.165) is 39.3 Å². The Labute approximate surface area is 128 Å². The van der Waals surface area contributed by atoms with Crippen LogP contribution in [0.5, 0.6) is 0 Å². The van der Waals surface area contributed by atoms with Crippen LogP contribution in [-0.2, 0) is 0 Å². The predicted molar refractivity (Wildman–Crippen MR) is 89.8 cm³/mol. The molecule has 3 aromatic heterocycles. The highest BCUT2D eigenvalue weighted by molar-refractivity contribution is 5.84. The monoisotopic (exact) mass is 288 g/mol. The molecular weight excluding hydrogens is 272 g/mol. The van der Waals surface area contributed by atoms with Crippen LogP contribution < -0.4 is 5.73 Å². The maximum absolute atomic E-state index is 6.07. The van der Waals surface area contributed by atoms with Crippen molar-refractivity contribution in [3.8, 4) is 11.3 Å². The first-order valence-electron chi connectivity index (χ1n) is 7.24. The number of hydrogen-bond donors (Lipinski definition) is 1. The van der Waals surface area contributed by atoms with Crippen LogP contribution in [0.25, 0.3) is 27.9 Å². The number of nitrogen functional groups attached to an aromatic ring is 1. The average Bonchev–Trinajstić information content (AvgIpc) is 2.91. The highest BCUT2D eigenvalue weighted by atomic mass is 15.0. The minimum Gasteiger partial charge on any atom is -0.398 e. The zero-order valence-electron chi connectivity index (χ0n) is 12.5. The normalized spacial score (nSPS) is 11.4. The van der Waals surface area contributed by atoms with Crippen molar-refractivity contribution < 1.29 is 0 Å². The van der Waals surface area contributed by atoms with Crippen molar-refractivity contribution in [3.05, 3.63) is 59.9 Å². The maximum Gasteiger partial charge on any atom is 0.146 e. The van der Waals surface area contributed by atoms with Gasteiger partial charge >= 0.3 is 0 Å². The molecule has 0 saturated heterocycles. The van der Waals surface area contributed by atoms with E-state index >= 15 is 0 Å². The predicted octanol–water partition coefficient (Wildman–Crippen LogP) is 3.75. The summed E-state index contributed by atoms with van der Waals surface area (Å²) in [6.45, 7) is 4.12. The molecule has 0 unspecified atom stereocenters. The van der Waals surface area contributed by atoms with Gasteiger partial charge in [0, 0.05) is 28.5 Å². The van der Waals surface area contributed by atoms with Gasteiger partial charge < -0.3 is 5.73 Å². The summed E-state index contributed by atoms with van der Waals surface area (Å²) in [5, 5.41) is 1.14. The summed E-state index contributed by atoms with van der Waals surface area (Å²) in [6, 6.07) is 14.0. The fraction of sp³-hybridized carbons (Fsp3) is 0.111. The number of nitrogens with zero attached hydrogens (tertiary/aromatic N) is 3. The van der Waals surface area contributed by atoms with Gasteiger partial charge in [-0.3, -0.25) is 4.40 Å². The average molecular weight is 288 g/mol. The van der Waals surface area contributed by atoms with E-state index < -0.39 is 0 Å². The number of benzene rings is 1. The lowest BCUT2D eigenvalue weighted by Crippen LogP contribution is -1.94. The van der Waals surface area contributed by atoms with Crippen molar-refractivity contribution in [2.24, 2.45) is 0 Å². The van der Waals surface area contributed by atoms with Crippen molar-refractivity contribution in [2.75, 3.05) is 5.73 Å². The molecule has 2 N–H and O–H groups in total. The summed E-state index contributed by atoms with van der Waals surface area (Å²) in [6.07, 6.45) is 2.01. The molecule has 1 aromatic carbocycles. The second kappa shape index (κ2) is 4.56. The molecule has 0 aliphatic carbocycles. The molecule has 4 aromatic rings. The smallest absolute Gasteiger partial charge is 0.146 e. The Morgan fingerprint density at radius 2 is 1.82 bits per heavy atom. The molecule has 0 atom stereocenters. The third kappa shape index (κ3) is 1.84. The lowest BCUT2D eigenvalue weighted by molar-refractivity contribution is 1.14. The molecule has 0 saturated carbocycles. The van der Waals surface area contributed by atoms with Gasteiger partial charge in [-0.1, -0.05) is 18.2 Å². The quantitative estimate of drug-likeness (QED) is 0.543. The van der Waals surface area contributed by atoms with Gasteiger partial charge in [-0.2, -0.15) is 0 Å². The van der Waals surface area contributed by atoms with Crippen LogP contribution in [-0.4, -0.2) is 14.4 Å². The van der Waals surface area contributed by atoms with E-state index in [2.05, 4.69) is 24.0 Å². The van der Waals surface area contributed by atoms with Crippen molar-refractivity contribution in [3.63, 3.8) is 0 Å². The number of aryl methyl sites for hydroxylation is 2. The number of aromatic nitrogens is 3. The molecule has 0 aliphatic heterocycles. The van der Waals surface area contributed by atoms with Crippen LogP contribution in [0.2, 0.25) is 0 Å². The first kappa shape index (κ1) is 12.8. The molecule has 0 spiro atoms. The SMILES string of the molecule is Cc1cc(C)c2ccc3nc(-c4ccccc4N)cn3c2n1. The Kier molecular flexibility index (Phi) is 2.66. The van der Waals surface area contributed by atoms with Gasteiger partial charge in [-0.25, -0.2) is 9.97 Å². The molecular formula is C18H16N4. The largest absolute Gasteiger partial charge is 0.398 e. The number of para-hydroxylation sites is 1. The molecule has 0 fully saturated rings. The van der Waals surface area contributed by atoms with E-state index in [-0.39, 0.29) is 0 Å². The number of hydrogen-bond acceptors (Lipinski definition) is 3. The first-order valence-corrected chi connectivity index (χ1v) is 7.24. The highest BCUT2D eigenvalue weighted by Gasteiger charge is 2.11. The molecule has 0 amide bonds. The zero-order chi connectivity index (χ0) is 15.3. The van der Waals surface area contributed by atoms with Crippen LogP contribution in [0.1, 0.15) is 11.3 Å². The first-order chi connectivity index (χ1) is 10.6. The Morgan fingerprint density at radius 3 is 2.64 bits per heavy atom. The lowest BCUT2D eigenvalue weighted by Gasteiger charge is -2.05. The molecule has 3 heterocycles. The van der Waals surface area contributed by atoms with Gasteiger partial charge in [-0.05, 0) is 43.7 Å². The lowest BCUT2D eigenvalue weighted by atomic mass is 10.1. The maximum atomic E-state index is 6.07. The number of imidazole rings is 1. The molecule has 0 aliphatic rings. The minimum atomic E-state index is 0.732. The number of rotatable bonds is 1. The zero-order valence-corrected chi connectivity index (χ0v) is 12.5. The van der Waals surface area contributed by atoms with Gasteiger partial charge in [0.1, 0.15) is 11.3 Å². The second-order valence-electron chi connectivity index (χ2n) is 5.59. The minimum absolute atomic E-state index is 0.732. The van der Waals surface area contributed by atoms with Gasteiger partial charge in [0.15, 0.2) is 0 Å². The molecule has 22 heavy (non-hydrogen) atoms. The topological polar surface area (TPSA) is 56.2 Å². The standard InChI is InChI=1S/C18H16N4/c1-11-9-12(2)20-18-13(11)7-8-17-21-16(10-22(17)18)14-5-3-4-6-15(14)19/h3-10H,19H2,1-2H3. The van der Waals surface area contributed by atoms with Gasteiger partial charge in [0.25, 0.3) is 0 Å². The van der Waals surface area contributed by atoms with Gasteiger partial charge in [-0.15, -0.1) is 0 Å². The number of pyridine rings is 2. The Hall–Kier alpha value is -2.88. The van der Waals surface area contributed by atoms with E-state index in [0.29, 0.717) is 0 Å². The Bertz CT molecular complexity index is 1010. The number of anilines is 1. The van der Waals surface area contributed by atoms with Crippen LogP contribution in [0.15, 0.2) is 48.7 Å². The van der Waals surface area contributed by atoms with Crippen molar-refractivity contribution >= 4 is 22.4 Å². The summed E-state index contributed by atoms with van der Waals surface area (Å²) in [7, 11) is 0. The van der Waals surface area contributed by atoms with E-state index in [1.165, 1.54) is 5.56 Å². The molecule has 4 heteroatoms. The van der Waals surface area contributed by atoms with E-state index in [1.54, 1.807) is 0 Å². The summed E-state index contributed by atoms with van der Waals surface area (Å²) in [5.74, 6) is 0. The fourth-order valence-corrected chi connectivity index (χ4v) is 2.92. The number of nitrogens with two attached hydrogens (primary N) is 1. The van der Waals surface area contributed by atoms with Crippen molar-refractivity contribution in [1.82, 2.24) is 14.4 Å². The molecule has 108 valence electrons. The van der Waals surface area contributed by atoms with Crippen LogP contribution in [0.4, 0.5) is 5.69 Å². The fourth-order valence-electron chi connectivity index (χ4n) is 2.92. The summed E-state index contributed by atoms with van der Waals surface area (Å²) in [4.78, 5) is 9.38. The third-order valence-electron chi connectivity index (χ3n) is 3.97. The summed E-state index contributed by atoms with van der Waals surface area (Å²) in [5.41, 5.74) is 12.7. The van der Waals surface area contributed by atoms with Crippen molar-refractivity contribution in [2.45, 2.75) is 13.8 Å². The van der Waals surface area contributed by atoms with Crippen molar-refractivity contribution in [1.29, 1.82) is 0 Å². The molecule has 4 nitrogen and oxygen atoms in total. The number of fused-ring (bicyclic) bond motifs is 3. The third-order valence-corrected chi connectivity index (χ3v) is 3.97. The van der Waals surface area contributed by atoms with E-state index in [9.17, 15) is 0 Å². The van der Waals surface area contributed by atoms with Crippen LogP contribution in [0, 0.1) is 13.8 Å². The molecule has 0 radical (unpaired) electrons. The second-order valence-corrected chi connectivity index (χ2v) is 5.59.